The molecule has 0 bridgehead atoms. The molecule has 0 spiro atoms. The van der Waals surface area contributed by atoms with Crippen molar-refractivity contribution >= 4 is 22.9 Å². The van der Waals surface area contributed by atoms with Crippen LogP contribution in [0.25, 0.3) is 0 Å². The molecule has 0 radical (unpaired) electrons. The molecule has 1 aliphatic carbocycles. The molecule has 4 heteroatoms. The highest BCUT2D eigenvalue weighted by Crippen LogP contribution is 2.37. The van der Waals surface area contributed by atoms with Crippen LogP contribution in [0.2, 0.25) is 0 Å². The molecule has 0 amide bonds. The first-order valence-electron chi connectivity index (χ1n) is 6.25. The summed E-state index contributed by atoms with van der Waals surface area (Å²) in [5.74, 6) is 1.63. The van der Waals surface area contributed by atoms with E-state index in [1.807, 2.05) is 18.2 Å². The minimum absolute atomic E-state index is 0.433. The first-order chi connectivity index (χ1) is 8.54. The molecule has 1 saturated carbocycles. The number of hydrogen-bond acceptors (Lipinski definition) is 3. The Morgan fingerprint density at radius 1 is 1.50 bits per heavy atom. The van der Waals surface area contributed by atoms with Crippen LogP contribution in [-0.2, 0) is 0 Å². The van der Waals surface area contributed by atoms with Crippen LogP contribution in [-0.4, -0.2) is 25.2 Å². The van der Waals surface area contributed by atoms with Gasteiger partial charge in [-0.2, -0.15) is 0 Å². The molecular weight excluding hydrogens is 244 g/mol. The van der Waals surface area contributed by atoms with E-state index in [2.05, 4.69) is 18.9 Å². The maximum absolute atomic E-state index is 5.80. The molecule has 0 aliphatic heterocycles. The van der Waals surface area contributed by atoms with E-state index in [-0.39, 0.29) is 0 Å². The van der Waals surface area contributed by atoms with Crippen molar-refractivity contribution in [2.24, 2.45) is 11.7 Å². The molecule has 98 valence electrons. The lowest BCUT2D eigenvalue weighted by Crippen LogP contribution is -2.32. The van der Waals surface area contributed by atoms with E-state index in [0.29, 0.717) is 11.0 Å². The molecule has 2 N–H and O–H groups in total. The van der Waals surface area contributed by atoms with Crippen molar-refractivity contribution in [3.8, 4) is 5.75 Å². The summed E-state index contributed by atoms with van der Waals surface area (Å²) in [6.45, 7) is 2.25. The smallest absolute Gasteiger partial charge is 0.120 e. The molecule has 1 aromatic rings. The van der Waals surface area contributed by atoms with Crippen molar-refractivity contribution < 1.29 is 4.74 Å². The third kappa shape index (κ3) is 2.58. The zero-order valence-electron chi connectivity index (χ0n) is 11.1. The van der Waals surface area contributed by atoms with Crippen LogP contribution >= 0.6 is 12.2 Å². The van der Waals surface area contributed by atoms with E-state index in [9.17, 15) is 0 Å². The lowest BCUT2D eigenvalue weighted by atomic mass is 10.1. The van der Waals surface area contributed by atoms with Crippen molar-refractivity contribution in [3.63, 3.8) is 0 Å². The first kappa shape index (κ1) is 13.1. The molecular formula is C14H20N2OS. The van der Waals surface area contributed by atoms with Crippen molar-refractivity contribution in [1.82, 2.24) is 0 Å². The highest BCUT2D eigenvalue weighted by atomic mass is 32.1. The lowest BCUT2D eigenvalue weighted by molar-refractivity contribution is 0.414. The highest BCUT2D eigenvalue weighted by molar-refractivity contribution is 7.80. The molecule has 0 saturated heterocycles. The highest BCUT2D eigenvalue weighted by Gasteiger charge is 2.31. The summed E-state index contributed by atoms with van der Waals surface area (Å²) in [5, 5.41) is 0. The van der Waals surface area contributed by atoms with Gasteiger partial charge in [0.05, 0.1) is 12.8 Å². The fourth-order valence-electron chi connectivity index (χ4n) is 2.25. The summed E-state index contributed by atoms with van der Waals surface area (Å²) in [6, 6.07) is 6.35. The average Bonchev–Trinajstić information content (AvgIpc) is 3.20. The third-order valence-corrected chi connectivity index (χ3v) is 3.99. The van der Waals surface area contributed by atoms with Gasteiger partial charge in [0.15, 0.2) is 0 Å². The molecule has 18 heavy (non-hydrogen) atoms. The molecule has 1 atom stereocenters. The van der Waals surface area contributed by atoms with Crippen LogP contribution in [0.5, 0.6) is 5.75 Å². The second-order valence-corrected chi connectivity index (χ2v) is 5.38. The maximum Gasteiger partial charge on any atom is 0.120 e. The minimum atomic E-state index is 0.433. The molecule has 1 unspecified atom stereocenters. The Bertz CT molecular complexity index is 457. The Hall–Kier alpha value is -1.29. The predicted octanol–water partition coefficient (Wildman–Crippen LogP) is 2.56. The summed E-state index contributed by atoms with van der Waals surface area (Å²) < 4.78 is 5.28. The summed E-state index contributed by atoms with van der Waals surface area (Å²) in [7, 11) is 3.77. The van der Waals surface area contributed by atoms with Crippen LogP contribution in [0.3, 0.4) is 0 Å². The fraction of sp³-hybridized carbons (Fsp3) is 0.500. The van der Waals surface area contributed by atoms with Gasteiger partial charge >= 0.3 is 0 Å². The van der Waals surface area contributed by atoms with Crippen LogP contribution in [0, 0.1) is 5.92 Å². The first-order valence-corrected chi connectivity index (χ1v) is 6.66. The number of nitrogens with zero attached hydrogens (tertiary/aromatic N) is 1. The molecule has 3 nitrogen and oxygen atoms in total. The fourth-order valence-corrected chi connectivity index (χ4v) is 2.43. The Balaban J connectivity index is 2.35. The Kier molecular flexibility index (Phi) is 3.76. The van der Waals surface area contributed by atoms with Gasteiger partial charge in [0.1, 0.15) is 10.7 Å². The van der Waals surface area contributed by atoms with Gasteiger partial charge in [0, 0.05) is 24.7 Å². The molecule has 1 aliphatic rings. The maximum atomic E-state index is 5.80. The van der Waals surface area contributed by atoms with Gasteiger partial charge < -0.3 is 15.4 Å². The molecule has 1 fully saturated rings. The SMILES string of the molecule is COc1ccc(C(N)=S)c(N(C)C(C)C2CC2)c1. The summed E-state index contributed by atoms with van der Waals surface area (Å²) in [4.78, 5) is 2.69. The zero-order chi connectivity index (χ0) is 13.3. The van der Waals surface area contributed by atoms with E-state index in [4.69, 9.17) is 22.7 Å². The number of ether oxygens (including phenoxy) is 1. The van der Waals surface area contributed by atoms with E-state index in [0.717, 1.165) is 22.9 Å². The number of thiocarbonyl (C=S) groups is 1. The summed E-state index contributed by atoms with van der Waals surface area (Å²) >= 11 is 5.13. The molecule has 1 aromatic carbocycles. The third-order valence-electron chi connectivity index (χ3n) is 3.77. The number of nitrogens with two attached hydrogens (primary N) is 1. The average molecular weight is 264 g/mol. The van der Waals surface area contributed by atoms with Crippen molar-refractivity contribution in [1.29, 1.82) is 0 Å². The van der Waals surface area contributed by atoms with E-state index in [1.54, 1.807) is 7.11 Å². The van der Waals surface area contributed by atoms with Crippen LogP contribution < -0.4 is 15.4 Å². The normalized spacial score (nSPS) is 16.2. The Labute approximate surface area is 114 Å². The Morgan fingerprint density at radius 3 is 2.67 bits per heavy atom. The van der Waals surface area contributed by atoms with Gasteiger partial charge in [0.25, 0.3) is 0 Å². The molecule has 0 aromatic heterocycles. The van der Waals surface area contributed by atoms with E-state index in [1.165, 1.54) is 12.8 Å². The Morgan fingerprint density at radius 2 is 2.17 bits per heavy atom. The van der Waals surface area contributed by atoms with Crippen LogP contribution in [0.15, 0.2) is 18.2 Å². The summed E-state index contributed by atoms with van der Waals surface area (Å²) in [5.41, 5.74) is 7.77. The van der Waals surface area contributed by atoms with Gasteiger partial charge in [-0.05, 0) is 37.8 Å². The number of benzene rings is 1. The monoisotopic (exact) mass is 264 g/mol. The quantitative estimate of drug-likeness (QED) is 0.830. The predicted molar refractivity (Wildman–Crippen MR) is 79.5 cm³/mol. The van der Waals surface area contributed by atoms with E-state index < -0.39 is 0 Å². The topological polar surface area (TPSA) is 38.5 Å². The van der Waals surface area contributed by atoms with Crippen molar-refractivity contribution in [2.75, 3.05) is 19.1 Å². The van der Waals surface area contributed by atoms with E-state index >= 15 is 0 Å². The number of anilines is 1. The largest absolute Gasteiger partial charge is 0.497 e. The summed E-state index contributed by atoms with van der Waals surface area (Å²) in [6.07, 6.45) is 2.63. The molecule has 0 heterocycles. The lowest BCUT2D eigenvalue weighted by Gasteiger charge is -2.29. The van der Waals surface area contributed by atoms with Crippen molar-refractivity contribution in [2.45, 2.75) is 25.8 Å². The van der Waals surface area contributed by atoms with Crippen molar-refractivity contribution in [3.05, 3.63) is 23.8 Å². The van der Waals surface area contributed by atoms with Gasteiger partial charge in [-0.3, -0.25) is 0 Å². The van der Waals surface area contributed by atoms with Gasteiger partial charge in [0.2, 0.25) is 0 Å². The zero-order valence-corrected chi connectivity index (χ0v) is 12.0. The van der Waals surface area contributed by atoms with Gasteiger partial charge in [-0.25, -0.2) is 0 Å². The second kappa shape index (κ2) is 5.14. The molecule has 2 rings (SSSR count). The van der Waals surface area contributed by atoms with Gasteiger partial charge in [-0.15, -0.1) is 0 Å². The number of hydrogen-bond donors (Lipinski definition) is 1. The second-order valence-electron chi connectivity index (χ2n) is 4.94. The minimum Gasteiger partial charge on any atom is -0.497 e. The number of methoxy groups -OCH3 is 1. The standard InChI is InChI=1S/C14H20N2OS/c1-9(10-4-5-10)16(2)13-8-11(17-3)6-7-12(13)14(15)18/h6-10H,4-5H2,1-3H3,(H2,15,18). The number of rotatable bonds is 5. The van der Waals surface area contributed by atoms with Gasteiger partial charge in [-0.1, -0.05) is 12.2 Å². The van der Waals surface area contributed by atoms with Crippen LogP contribution in [0.4, 0.5) is 5.69 Å². The van der Waals surface area contributed by atoms with Crippen LogP contribution in [0.1, 0.15) is 25.3 Å².